The van der Waals surface area contributed by atoms with Gasteiger partial charge in [-0.25, -0.2) is 4.79 Å². The molecule has 0 radical (unpaired) electrons. The van der Waals surface area contributed by atoms with E-state index in [1.54, 1.807) is 26.8 Å². The topological polar surface area (TPSA) is 117 Å². The monoisotopic (exact) mass is 519 g/mol. The van der Waals surface area contributed by atoms with Crippen molar-refractivity contribution in [3.63, 3.8) is 0 Å². The van der Waals surface area contributed by atoms with Crippen LogP contribution in [-0.4, -0.2) is 70.4 Å². The summed E-state index contributed by atoms with van der Waals surface area (Å²) < 4.78 is 11.0. The molecule has 0 aromatic carbocycles. The number of allylic oxidation sites excluding steroid dienone is 1. The number of amides is 3. The van der Waals surface area contributed by atoms with Gasteiger partial charge in [0, 0.05) is 18.9 Å². The fourth-order valence-electron chi connectivity index (χ4n) is 4.74. The molecular formula is C28H45N3O6. The Labute approximate surface area is 221 Å². The van der Waals surface area contributed by atoms with E-state index in [1.807, 2.05) is 13.0 Å². The molecular weight excluding hydrogens is 474 g/mol. The van der Waals surface area contributed by atoms with Crippen molar-refractivity contribution in [3.8, 4) is 0 Å². The highest BCUT2D eigenvalue weighted by Crippen LogP contribution is 2.49. The summed E-state index contributed by atoms with van der Waals surface area (Å²) in [4.78, 5) is 41.0. The van der Waals surface area contributed by atoms with Crippen molar-refractivity contribution in [3.05, 3.63) is 37.6 Å². The third-order valence-electron chi connectivity index (χ3n) is 6.72. The van der Waals surface area contributed by atoms with Crippen LogP contribution in [0.5, 0.6) is 0 Å². The van der Waals surface area contributed by atoms with Crippen molar-refractivity contribution < 1.29 is 29.0 Å². The number of rotatable bonds is 14. The number of ether oxygens (including phenoxy) is 2. The quantitative estimate of drug-likeness (QED) is 0.183. The number of alkyl carbamates (subject to hydrolysis) is 1. The summed E-state index contributed by atoms with van der Waals surface area (Å²) in [6.45, 7) is 19.0. The van der Waals surface area contributed by atoms with Gasteiger partial charge in [-0.2, -0.15) is 0 Å². The minimum atomic E-state index is -0.886. The lowest BCUT2D eigenvalue weighted by molar-refractivity contribution is -0.140. The fourth-order valence-corrected chi connectivity index (χ4v) is 4.74. The molecule has 2 aliphatic rings. The molecule has 1 saturated heterocycles. The highest BCUT2D eigenvalue weighted by molar-refractivity contribution is 5.92. The SMILES string of the molecule is C=CCCCCC[C@H](NC(=O)OC(C)(C)C)C(=O)N1C[C@H](O)C[C@H]1C(=O)N[C@]1(C(=C)OCC)C[C@H]1C=C. The maximum absolute atomic E-state index is 13.7. The van der Waals surface area contributed by atoms with Gasteiger partial charge in [0.25, 0.3) is 0 Å². The Balaban J connectivity index is 2.17. The van der Waals surface area contributed by atoms with Gasteiger partial charge in [0.2, 0.25) is 11.8 Å². The van der Waals surface area contributed by atoms with E-state index in [0.717, 1.165) is 19.3 Å². The molecule has 0 unspecified atom stereocenters. The van der Waals surface area contributed by atoms with Crippen LogP contribution < -0.4 is 10.6 Å². The third-order valence-corrected chi connectivity index (χ3v) is 6.72. The van der Waals surface area contributed by atoms with Gasteiger partial charge < -0.3 is 30.1 Å². The Kier molecular flexibility index (Phi) is 10.8. The number of aliphatic hydroxyl groups is 1. The first-order valence-corrected chi connectivity index (χ1v) is 13.2. The van der Waals surface area contributed by atoms with E-state index in [-0.39, 0.29) is 18.9 Å². The van der Waals surface area contributed by atoms with E-state index in [9.17, 15) is 19.5 Å². The smallest absolute Gasteiger partial charge is 0.408 e. The molecule has 1 heterocycles. The zero-order valence-corrected chi connectivity index (χ0v) is 22.9. The second-order valence-electron chi connectivity index (χ2n) is 10.9. The number of hydrogen-bond acceptors (Lipinski definition) is 6. The first kappa shape index (κ1) is 30.4. The predicted molar refractivity (Wildman–Crippen MR) is 143 cm³/mol. The van der Waals surface area contributed by atoms with Gasteiger partial charge in [-0.15, -0.1) is 13.2 Å². The molecule has 3 amide bonds. The molecule has 0 spiro atoms. The molecule has 3 N–H and O–H groups in total. The van der Waals surface area contributed by atoms with Crippen LogP contribution in [0.3, 0.4) is 0 Å². The second kappa shape index (κ2) is 13.1. The Morgan fingerprint density at radius 1 is 1.22 bits per heavy atom. The van der Waals surface area contributed by atoms with Gasteiger partial charge in [0.15, 0.2) is 0 Å². The summed E-state index contributed by atoms with van der Waals surface area (Å²) in [5.41, 5.74) is -1.49. The largest absolute Gasteiger partial charge is 0.496 e. The van der Waals surface area contributed by atoms with E-state index >= 15 is 0 Å². The van der Waals surface area contributed by atoms with Gasteiger partial charge >= 0.3 is 6.09 Å². The van der Waals surface area contributed by atoms with Crippen LogP contribution in [0.25, 0.3) is 0 Å². The molecule has 1 aliphatic carbocycles. The number of carbonyl (C=O) groups is 3. The summed E-state index contributed by atoms with van der Waals surface area (Å²) in [5, 5.41) is 16.1. The Hall–Kier alpha value is -2.81. The molecule has 37 heavy (non-hydrogen) atoms. The first-order valence-electron chi connectivity index (χ1n) is 13.2. The molecule has 0 bridgehead atoms. The Morgan fingerprint density at radius 3 is 2.49 bits per heavy atom. The zero-order chi connectivity index (χ0) is 27.8. The number of β-amino-alcohol motifs (C(OH)–C–C–N with tert-alkyl or cyclic N) is 1. The predicted octanol–water partition coefficient (Wildman–Crippen LogP) is 3.59. The number of aliphatic hydroxyl groups excluding tert-OH is 1. The van der Waals surface area contributed by atoms with Crippen molar-refractivity contribution in [1.82, 2.24) is 15.5 Å². The number of carbonyl (C=O) groups excluding carboxylic acids is 3. The van der Waals surface area contributed by atoms with Crippen molar-refractivity contribution in [2.75, 3.05) is 13.2 Å². The summed E-state index contributed by atoms with van der Waals surface area (Å²) in [6, 6.07) is -1.77. The van der Waals surface area contributed by atoms with Gasteiger partial charge in [-0.05, 0) is 53.4 Å². The number of hydrogen-bond donors (Lipinski definition) is 3. The lowest BCUT2D eigenvalue weighted by Gasteiger charge is -2.31. The second-order valence-corrected chi connectivity index (χ2v) is 10.9. The van der Waals surface area contributed by atoms with Gasteiger partial charge in [-0.1, -0.05) is 31.6 Å². The van der Waals surface area contributed by atoms with Crippen molar-refractivity contribution in [1.29, 1.82) is 0 Å². The van der Waals surface area contributed by atoms with Crippen molar-refractivity contribution >= 4 is 17.9 Å². The van der Waals surface area contributed by atoms with Gasteiger partial charge in [-0.3, -0.25) is 9.59 Å². The number of nitrogens with one attached hydrogen (secondary N) is 2. The third kappa shape index (κ3) is 8.35. The normalized spacial score (nSPS) is 25.5. The first-order chi connectivity index (χ1) is 17.4. The lowest BCUT2D eigenvalue weighted by atomic mass is 10.0. The molecule has 9 nitrogen and oxygen atoms in total. The molecule has 5 atom stereocenters. The molecule has 0 aromatic heterocycles. The van der Waals surface area contributed by atoms with Crippen LogP contribution >= 0.6 is 0 Å². The van der Waals surface area contributed by atoms with E-state index in [0.29, 0.717) is 31.6 Å². The van der Waals surface area contributed by atoms with E-state index in [4.69, 9.17) is 9.47 Å². The van der Waals surface area contributed by atoms with Crippen LogP contribution in [0, 0.1) is 5.92 Å². The van der Waals surface area contributed by atoms with E-state index in [1.165, 1.54) is 4.90 Å². The number of likely N-dealkylation sites (tertiary alicyclic amines) is 1. The molecule has 2 fully saturated rings. The number of unbranched alkanes of at least 4 members (excludes halogenated alkanes) is 3. The molecule has 208 valence electrons. The fraction of sp³-hybridized carbons (Fsp3) is 0.679. The van der Waals surface area contributed by atoms with Gasteiger partial charge in [0.1, 0.15) is 29.0 Å². The van der Waals surface area contributed by atoms with Crippen LogP contribution in [0.1, 0.15) is 72.6 Å². The van der Waals surface area contributed by atoms with Gasteiger partial charge in [0.05, 0.1) is 12.7 Å². The standard InChI is InChI=1S/C28H45N3O6/c1-8-11-12-13-14-15-22(29-26(35)37-27(5,6)7)25(34)31-18-21(32)16-23(31)24(33)30-28(17-20(28)9-2)19(4)36-10-3/h8-9,20-23,32H,1-2,4,10-18H2,3,5-7H3,(H,29,35)(H,30,33)/t20-,21-,22+,23+,28+/m1/s1. The van der Waals surface area contributed by atoms with E-state index in [2.05, 4.69) is 30.4 Å². The molecule has 9 heteroatoms. The number of nitrogens with zero attached hydrogens (tertiary/aromatic N) is 1. The maximum atomic E-state index is 13.7. The molecule has 1 aliphatic heterocycles. The van der Waals surface area contributed by atoms with E-state index < -0.39 is 47.2 Å². The highest BCUT2D eigenvalue weighted by Gasteiger charge is 2.58. The van der Waals surface area contributed by atoms with Crippen molar-refractivity contribution in [2.45, 2.75) is 102 Å². The van der Waals surface area contributed by atoms with Crippen molar-refractivity contribution in [2.24, 2.45) is 5.92 Å². The Bertz CT molecular complexity index is 866. The summed E-state index contributed by atoms with van der Waals surface area (Å²) in [7, 11) is 0. The zero-order valence-electron chi connectivity index (χ0n) is 22.9. The molecule has 1 saturated carbocycles. The summed E-state index contributed by atoms with van der Waals surface area (Å²) in [6.07, 6.45) is 6.52. The minimum absolute atomic E-state index is 0.00414. The lowest BCUT2D eigenvalue weighted by Crippen LogP contribution is -2.55. The maximum Gasteiger partial charge on any atom is 0.408 e. The average Bonchev–Trinajstić information content (AvgIpc) is 3.39. The highest BCUT2D eigenvalue weighted by atomic mass is 16.6. The summed E-state index contributed by atoms with van der Waals surface area (Å²) in [5.74, 6) is -0.381. The van der Waals surface area contributed by atoms with Crippen LogP contribution in [0.2, 0.25) is 0 Å². The average molecular weight is 520 g/mol. The molecule has 0 aromatic rings. The minimum Gasteiger partial charge on any atom is -0.496 e. The van der Waals surface area contributed by atoms with Crippen LogP contribution in [0.4, 0.5) is 4.79 Å². The van der Waals surface area contributed by atoms with Crippen LogP contribution in [0.15, 0.2) is 37.6 Å². The molecule has 2 rings (SSSR count). The summed E-state index contributed by atoms with van der Waals surface area (Å²) >= 11 is 0. The van der Waals surface area contributed by atoms with Crippen LogP contribution in [-0.2, 0) is 19.1 Å². The Morgan fingerprint density at radius 2 is 1.92 bits per heavy atom.